The summed E-state index contributed by atoms with van der Waals surface area (Å²) in [5.74, 6) is 0. The average Bonchev–Trinajstić information content (AvgIpc) is 3.16. The summed E-state index contributed by atoms with van der Waals surface area (Å²) in [4.78, 5) is 5.41. The number of likely N-dealkylation sites (tertiary alicyclic amines) is 2. The van der Waals surface area contributed by atoms with E-state index in [0.717, 1.165) is 13.1 Å². The van der Waals surface area contributed by atoms with Gasteiger partial charge in [-0.3, -0.25) is 9.80 Å². The van der Waals surface area contributed by atoms with Crippen molar-refractivity contribution in [2.75, 3.05) is 39.3 Å². The summed E-state index contributed by atoms with van der Waals surface area (Å²) in [6.45, 7) is 9.51. The summed E-state index contributed by atoms with van der Waals surface area (Å²) in [6.07, 6.45) is 0. The van der Waals surface area contributed by atoms with Gasteiger partial charge in [-0.05, 0) is 11.1 Å². The third-order valence-corrected chi connectivity index (χ3v) is 6.65. The molecular weight excluding hydrogens is 306 g/mol. The molecule has 0 amide bonds. The quantitative estimate of drug-likeness (QED) is 0.928. The fourth-order valence-electron chi connectivity index (χ4n) is 5.64. The van der Waals surface area contributed by atoms with Gasteiger partial charge in [0.05, 0.1) is 0 Å². The lowest BCUT2D eigenvalue weighted by molar-refractivity contribution is 0.200. The van der Waals surface area contributed by atoms with E-state index in [2.05, 4.69) is 75.8 Å². The minimum atomic E-state index is 0.441. The molecule has 3 saturated heterocycles. The van der Waals surface area contributed by atoms with Crippen molar-refractivity contribution in [1.82, 2.24) is 15.1 Å². The first-order chi connectivity index (χ1) is 12.3. The molecule has 0 bridgehead atoms. The van der Waals surface area contributed by atoms with Crippen LogP contribution in [0, 0.1) is 10.8 Å². The van der Waals surface area contributed by atoms with Gasteiger partial charge in [0.25, 0.3) is 0 Å². The molecule has 3 heterocycles. The number of benzene rings is 2. The van der Waals surface area contributed by atoms with Crippen molar-refractivity contribution >= 4 is 0 Å². The Morgan fingerprint density at radius 2 is 1.04 bits per heavy atom. The van der Waals surface area contributed by atoms with Crippen LogP contribution in [0.25, 0.3) is 0 Å². The molecule has 2 aromatic rings. The van der Waals surface area contributed by atoms with E-state index < -0.39 is 0 Å². The summed E-state index contributed by atoms with van der Waals surface area (Å²) in [6, 6.07) is 21.9. The lowest BCUT2D eigenvalue weighted by Gasteiger charge is -2.29. The zero-order chi connectivity index (χ0) is 16.7. The first kappa shape index (κ1) is 15.6. The molecule has 2 aromatic carbocycles. The van der Waals surface area contributed by atoms with Crippen LogP contribution < -0.4 is 5.32 Å². The number of rotatable bonds is 4. The zero-order valence-corrected chi connectivity index (χ0v) is 14.8. The van der Waals surface area contributed by atoms with Gasteiger partial charge in [0.2, 0.25) is 0 Å². The van der Waals surface area contributed by atoms with Gasteiger partial charge in [-0.2, -0.15) is 0 Å². The van der Waals surface area contributed by atoms with E-state index >= 15 is 0 Å². The van der Waals surface area contributed by atoms with Crippen LogP contribution in [0.4, 0.5) is 0 Å². The monoisotopic (exact) mass is 333 g/mol. The topological polar surface area (TPSA) is 18.5 Å². The van der Waals surface area contributed by atoms with Crippen LogP contribution in [0.2, 0.25) is 0 Å². The Morgan fingerprint density at radius 1 is 0.640 bits per heavy atom. The van der Waals surface area contributed by atoms with Crippen LogP contribution in [-0.2, 0) is 13.1 Å². The predicted octanol–water partition coefficient (Wildman–Crippen LogP) is 2.59. The Hall–Kier alpha value is -1.68. The minimum absolute atomic E-state index is 0.441. The standard InChI is InChI=1S/C22H27N3/c1-3-7-19(8-4-1)11-24-15-21-13-23-14-22(21,16-24)18-25(17-21)12-20-9-5-2-6-10-20/h1-10,23H,11-18H2. The Balaban J connectivity index is 1.31. The van der Waals surface area contributed by atoms with Gasteiger partial charge in [0, 0.05) is 63.2 Å². The molecule has 0 saturated carbocycles. The van der Waals surface area contributed by atoms with E-state index in [4.69, 9.17) is 0 Å². The van der Waals surface area contributed by atoms with Gasteiger partial charge < -0.3 is 5.32 Å². The Morgan fingerprint density at radius 3 is 1.44 bits per heavy atom. The van der Waals surface area contributed by atoms with Crippen molar-refractivity contribution in [2.24, 2.45) is 10.8 Å². The molecular formula is C22H27N3. The Labute approximate surface area is 150 Å². The molecule has 5 rings (SSSR count). The zero-order valence-electron chi connectivity index (χ0n) is 14.8. The summed E-state index contributed by atoms with van der Waals surface area (Å²) in [5.41, 5.74) is 3.78. The maximum Gasteiger partial charge on any atom is 0.0234 e. The number of nitrogens with zero attached hydrogens (tertiary/aromatic N) is 2. The van der Waals surface area contributed by atoms with Crippen molar-refractivity contribution in [3.8, 4) is 0 Å². The van der Waals surface area contributed by atoms with Crippen LogP contribution >= 0.6 is 0 Å². The lowest BCUT2D eigenvalue weighted by Crippen LogP contribution is -2.38. The SMILES string of the molecule is c1ccc(CN2CC34CNCC3(C2)CN(Cc2ccccc2)C4)cc1. The molecule has 3 aliphatic heterocycles. The fourth-order valence-corrected chi connectivity index (χ4v) is 5.64. The van der Waals surface area contributed by atoms with Gasteiger partial charge in [0.1, 0.15) is 0 Å². The second kappa shape index (κ2) is 5.94. The maximum atomic E-state index is 3.72. The Bertz CT molecular complexity index is 652. The van der Waals surface area contributed by atoms with Crippen molar-refractivity contribution in [3.63, 3.8) is 0 Å². The van der Waals surface area contributed by atoms with Crippen LogP contribution in [0.3, 0.4) is 0 Å². The minimum Gasteiger partial charge on any atom is -0.315 e. The largest absolute Gasteiger partial charge is 0.315 e. The predicted molar refractivity (Wildman–Crippen MR) is 101 cm³/mol. The third kappa shape index (κ3) is 2.62. The van der Waals surface area contributed by atoms with Gasteiger partial charge >= 0.3 is 0 Å². The smallest absolute Gasteiger partial charge is 0.0234 e. The molecule has 3 aliphatic rings. The molecule has 0 atom stereocenters. The Kier molecular flexibility index (Phi) is 3.70. The second-order valence-corrected chi connectivity index (χ2v) is 8.43. The van der Waals surface area contributed by atoms with Gasteiger partial charge in [-0.1, -0.05) is 60.7 Å². The fraction of sp³-hybridized carbons (Fsp3) is 0.455. The molecule has 0 aromatic heterocycles. The van der Waals surface area contributed by atoms with E-state index in [9.17, 15) is 0 Å². The summed E-state index contributed by atoms with van der Waals surface area (Å²) >= 11 is 0. The van der Waals surface area contributed by atoms with Crippen LogP contribution in [0.1, 0.15) is 11.1 Å². The van der Waals surface area contributed by atoms with E-state index in [1.54, 1.807) is 0 Å². The molecule has 3 nitrogen and oxygen atoms in total. The molecule has 25 heavy (non-hydrogen) atoms. The van der Waals surface area contributed by atoms with E-state index in [0.29, 0.717) is 10.8 Å². The number of hydrogen-bond donors (Lipinski definition) is 1. The molecule has 130 valence electrons. The molecule has 0 radical (unpaired) electrons. The maximum absolute atomic E-state index is 3.72. The van der Waals surface area contributed by atoms with Gasteiger partial charge in [-0.15, -0.1) is 0 Å². The first-order valence-electron chi connectivity index (χ1n) is 9.50. The highest BCUT2D eigenvalue weighted by Crippen LogP contribution is 2.54. The average molecular weight is 333 g/mol. The highest BCUT2D eigenvalue weighted by molar-refractivity contribution is 5.22. The van der Waals surface area contributed by atoms with Gasteiger partial charge in [0.15, 0.2) is 0 Å². The van der Waals surface area contributed by atoms with E-state index in [1.165, 1.54) is 50.4 Å². The molecule has 1 N–H and O–H groups in total. The molecule has 3 fully saturated rings. The van der Waals surface area contributed by atoms with Crippen LogP contribution in [-0.4, -0.2) is 49.1 Å². The highest BCUT2D eigenvalue weighted by atomic mass is 15.3. The number of hydrogen-bond acceptors (Lipinski definition) is 3. The third-order valence-electron chi connectivity index (χ3n) is 6.65. The van der Waals surface area contributed by atoms with Crippen molar-refractivity contribution in [2.45, 2.75) is 13.1 Å². The molecule has 0 unspecified atom stereocenters. The molecule has 0 aliphatic carbocycles. The van der Waals surface area contributed by atoms with Crippen LogP contribution in [0.5, 0.6) is 0 Å². The number of nitrogens with one attached hydrogen (secondary N) is 1. The lowest BCUT2D eigenvalue weighted by atomic mass is 9.71. The summed E-state index contributed by atoms with van der Waals surface area (Å²) in [5, 5.41) is 3.72. The van der Waals surface area contributed by atoms with E-state index in [1.807, 2.05) is 0 Å². The van der Waals surface area contributed by atoms with Crippen molar-refractivity contribution in [1.29, 1.82) is 0 Å². The van der Waals surface area contributed by atoms with Crippen LogP contribution in [0.15, 0.2) is 60.7 Å². The molecule has 0 spiro atoms. The van der Waals surface area contributed by atoms with Crippen molar-refractivity contribution in [3.05, 3.63) is 71.8 Å². The summed E-state index contributed by atoms with van der Waals surface area (Å²) in [7, 11) is 0. The molecule has 3 heteroatoms. The van der Waals surface area contributed by atoms with Crippen molar-refractivity contribution < 1.29 is 0 Å². The summed E-state index contributed by atoms with van der Waals surface area (Å²) < 4.78 is 0. The second-order valence-electron chi connectivity index (χ2n) is 8.43. The van der Waals surface area contributed by atoms with E-state index in [-0.39, 0.29) is 0 Å². The first-order valence-corrected chi connectivity index (χ1v) is 9.50. The van der Waals surface area contributed by atoms with Gasteiger partial charge in [-0.25, -0.2) is 0 Å². The normalized spacial score (nSPS) is 32.0. The highest BCUT2D eigenvalue weighted by Gasteiger charge is 2.64.